The zero-order valence-corrected chi connectivity index (χ0v) is 15.9. The molecule has 0 aliphatic heterocycles. The fourth-order valence-corrected chi connectivity index (χ4v) is 2.95. The lowest BCUT2D eigenvalue weighted by Gasteiger charge is -2.10. The lowest BCUT2D eigenvalue weighted by atomic mass is 10.1. The molecule has 0 atom stereocenters. The molecule has 0 bridgehead atoms. The van der Waals surface area contributed by atoms with Gasteiger partial charge in [-0.3, -0.25) is 4.79 Å². The molecular weight excluding hydrogens is 362 g/mol. The maximum absolute atomic E-state index is 12.5. The lowest BCUT2D eigenvalue weighted by molar-refractivity contribution is 0.104. The van der Waals surface area contributed by atoms with E-state index in [4.69, 9.17) is 9.47 Å². The molecule has 0 radical (unpaired) electrons. The number of ether oxygens (including phenoxy) is 2. The fraction of sp³-hybridized carbons (Fsp3) is 0.0400. The van der Waals surface area contributed by atoms with Gasteiger partial charge >= 0.3 is 0 Å². The van der Waals surface area contributed by atoms with Crippen molar-refractivity contribution in [2.24, 2.45) is 0 Å². The number of carbonyl (C=O) groups excluding carboxylic acids is 1. The van der Waals surface area contributed by atoms with E-state index in [2.05, 4.69) is 4.98 Å². The summed E-state index contributed by atoms with van der Waals surface area (Å²) in [5.74, 6) is 1.77. The summed E-state index contributed by atoms with van der Waals surface area (Å²) in [6.45, 7) is 0. The molecule has 29 heavy (non-hydrogen) atoms. The van der Waals surface area contributed by atoms with E-state index in [0.29, 0.717) is 22.8 Å². The standard InChI is InChI=1S/C25H19NO3/c1-28-22-13-14-23-20(17-22)16-19(12-15-24(27)18-8-4-2-5-9-18)25(26-23)29-21-10-6-3-7-11-21/h2-17H,1H3/b15-12+. The third kappa shape index (κ3) is 4.33. The summed E-state index contributed by atoms with van der Waals surface area (Å²) >= 11 is 0. The highest BCUT2D eigenvalue weighted by atomic mass is 16.5. The van der Waals surface area contributed by atoms with Gasteiger partial charge in [0.15, 0.2) is 5.78 Å². The third-order valence-corrected chi connectivity index (χ3v) is 4.44. The number of fused-ring (bicyclic) bond motifs is 1. The first-order valence-electron chi connectivity index (χ1n) is 9.22. The normalized spacial score (nSPS) is 10.9. The number of carbonyl (C=O) groups is 1. The number of benzene rings is 3. The summed E-state index contributed by atoms with van der Waals surface area (Å²) in [6.07, 6.45) is 3.27. The molecule has 0 saturated carbocycles. The molecule has 0 saturated heterocycles. The van der Waals surface area contributed by atoms with Gasteiger partial charge in [-0.05, 0) is 48.6 Å². The Morgan fingerprint density at radius 1 is 0.862 bits per heavy atom. The van der Waals surface area contributed by atoms with Gasteiger partial charge in [0, 0.05) is 16.5 Å². The first-order chi connectivity index (χ1) is 14.2. The van der Waals surface area contributed by atoms with Crippen molar-refractivity contribution in [1.82, 2.24) is 4.98 Å². The molecule has 1 heterocycles. The number of hydrogen-bond acceptors (Lipinski definition) is 4. The number of ketones is 1. The minimum Gasteiger partial charge on any atom is -0.497 e. The Kier molecular flexibility index (Phi) is 5.34. The summed E-state index contributed by atoms with van der Waals surface area (Å²) < 4.78 is 11.3. The first kappa shape index (κ1) is 18.4. The van der Waals surface area contributed by atoms with Gasteiger partial charge in [0.05, 0.1) is 12.6 Å². The highest BCUT2D eigenvalue weighted by Gasteiger charge is 2.10. The summed E-state index contributed by atoms with van der Waals surface area (Å²) in [5.41, 5.74) is 2.12. The number of aromatic nitrogens is 1. The minimum atomic E-state index is -0.0815. The van der Waals surface area contributed by atoms with Gasteiger partial charge in [0.25, 0.3) is 0 Å². The van der Waals surface area contributed by atoms with Crippen molar-refractivity contribution in [2.45, 2.75) is 0 Å². The quantitative estimate of drug-likeness (QED) is 0.307. The molecule has 4 aromatic rings. The SMILES string of the molecule is COc1ccc2nc(Oc3ccccc3)c(/C=C/C(=O)c3ccccc3)cc2c1. The van der Waals surface area contributed by atoms with Crippen molar-refractivity contribution in [3.63, 3.8) is 0 Å². The molecule has 0 unspecified atom stereocenters. The zero-order chi connectivity index (χ0) is 20.1. The Bertz CT molecular complexity index is 1170. The maximum atomic E-state index is 12.5. The highest BCUT2D eigenvalue weighted by molar-refractivity contribution is 6.07. The number of pyridine rings is 1. The van der Waals surface area contributed by atoms with Crippen molar-refractivity contribution in [2.75, 3.05) is 7.11 Å². The predicted octanol–water partition coefficient (Wildman–Crippen LogP) is 5.93. The van der Waals surface area contributed by atoms with E-state index in [9.17, 15) is 4.79 Å². The van der Waals surface area contributed by atoms with Crippen LogP contribution in [0.25, 0.3) is 17.0 Å². The molecule has 0 fully saturated rings. The van der Waals surface area contributed by atoms with Crippen LogP contribution in [0.2, 0.25) is 0 Å². The zero-order valence-electron chi connectivity index (χ0n) is 15.9. The van der Waals surface area contributed by atoms with Crippen LogP contribution in [0.4, 0.5) is 0 Å². The Morgan fingerprint density at radius 3 is 2.31 bits per heavy atom. The molecule has 0 aliphatic rings. The monoisotopic (exact) mass is 381 g/mol. The van der Waals surface area contributed by atoms with Crippen molar-refractivity contribution >= 4 is 22.8 Å². The van der Waals surface area contributed by atoms with Gasteiger partial charge in [0.2, 0.25) is 5.88 Å². The van der Waals surface area contributed by atoms with Gasteiger partial charge in [-0.2, -0.15) is 0 Å². The van der Waals surface area contributed by atoms with Gasteiger partial charge in [-0.1, -0.05) is 48.5 Å². The second-order valence-electron chi connectivity index (χ2n) is 6.42. The van der Waals surface area contributed by atoms with Crippen molar-refractivity contribution in [3.05, 3.63) is 102 Å². The van der Waals surface area contributed by atoms with Gasteiger partial charge in [-0.15, -0.1) is 0 Å². The first-order valence-corrected chi connectivity index (χ1v) is 9.22. The topological polar surface area (TPSA) is 48.4 Å². The van der Waals surface area contributed by atoms with Gasteiger partial charge in [-0.25, -0.2) is 4.98 Å². The van der Waals surface area contributed by atoms with Crippen LogP contribution in [0.5, 0.6) is 17.4 Å². The number of rotatable bonds is 6. The summed E-state index contributed by atoms with van der Waals surface area (Å²) in [6, 6.07) is 26.2. The van der Waals surface area contributed by atoms with E-state index in [-0.39, 0.29) is 5.78 Å². The van der Waals surface area contributed by atoms with E-state index >= 15 is 0 Å². The van der Waals surface area contributed by atoms with E-state index in [0.717, 1.165) is 16.7 Å². The minimum absolute atomic E-state index is 0.0815. The predicted molar refractivity (Wildman–Crippen MR) is 115 cm³/mol. The molecule has 4 rings (SSSR count). The van der Waals surface area contributed by atoms with Crippen LogP contribution >= 0.6 is 0 Å². The second kappa shape index (κ2) is 8.40. The second-order valence-corrected chi connectivity index (χ2v) is 6.42. The van der Waals surface area contributed by atoms with Crippen LogP contribution in [0.3, 0.4) is 0 Å². The fourth-order valence-electron chi connectivity index (χ4n) is 2.95. The van der Waals surface area contributed by atoms with Crippen molar-refractivity contribution in [3.8, 4) is 17.4 Å². The van der Waals surface area contributed by atoms with Crippen LogP contribution in [-0.2, 0) is 0 Å². The van der Waals surface area contributed by atoms with Crippen LogP contribution in [0.15, 0.2) is 91.0 Å². The van der Waals surface area contributed by atoms with E-state index in [1.807, 2.05) is 72.8 Å². The third-order valence-electron chi connectivity index (χ3n) is 4.44. The Hall–Kier alpha value is -3.92. The van der Waals surface area contributed by atoms with Crippen molar-refractivity contribution in [1.29, 1.82) is 0 Å². The summed E-state index contributed by atoms with van der Waals surface area (Å²) in [5, 5.41) is 0.900. The van der Waals surface area contributed by atoms with E-state index < -0.39 is 0 Å². The molecular formula is C25H19NO3. The van der Waals surface area contributed by atoms with Gasteiger partial charge < -0.3 is 9.47 Å². The molecule has 1 aromatic heterocycles. The Balaban J connectivity index is 1.75. The molecule has 3 aromatic carbocycles. The Morgan fingerprint density at radius 2 is 1.59 bits per heavy atom. The number of methoxy groups -OCH3 is 1. The molecule has 4 nitrogen and oxygen atoms in total. The number of hydrogen-bond donors (Lipinski definition) is 0. The summed E-state index contributed by atoms with van der Waals surface area (Å²) in [7, 11) is 1.63. The molecule has 4 heteroatoms. The molecule has 0 amide bonds. The highest BCUT2D eigenvalue weighted by Crippen LogP contribution is 2.29. The van der Waals surface area contributed by atoms with Crippen LogP contribution < -0.4 is 9.47 Å². The number of allylic oxidation sites excluding steroid dienone is 1. The average molecular weight is 381 g/mol. The molecule has 0 aliphatic carbocycles. The molecule has 0 N–H and O–H groups in total. The number of para-hydroxylation sites is 1. The van der Waals surface area contributed by atoms with Gasteiger partial charge in [0.1, 0.15) is 11.5 Å². The molecule has 142 valence electrons. The van der Waals surface area contributed by atoms with E-state index in [1.54, 1.807) is 25.3 Å². The maximum Gasteiger partial charge on any atom is 0.227 e. The lowest BCUT2D eigenvalue weighted by Crippen LogP contribution is -1.95. The van der Waals surface area contributed by atoms with E-state index in [1.165, 1.54) is 6.08 Å². The van der Waals surface area contributed by atoms with Crippen LogP contribution in [0.1, 0.15) is 15.9 Å². The van der Waals surface area contributed by atoms with Crippen molar-refractivity contribution < 1.29 is 14.3 Å². The smallest absolute Gasteiger partial charge is 0.227 e. The average Bonchev–Trinajstić information content (AvgIpc) is 2.78. The summed E-state index contributed by atoms with van der Waals surface area (Å²) in [4.78, 5) is 17.1. The largest absolute Gasteiger partial charge is 0.497 e. The molecule has 0 spiro atoms. The Labute approximate surface area is 169 Å². The van der Waals surface area contributed by atoms with Crippen LogP contribution in [-0.4, -0.2) is 17.9 Å². The van der Waals surface area contributed by atoms with Crippen LogP contribution in [0, 0.1) is 0 Å². The number of nitrogens with zero attached hydrogens (tertiary/aromatic N) is 1.